The molecular formula is C16H18N6OS2. The molecule has 1 aliphatic rings. The fourth-order valence-corrected chi connectivity index (χ4v) is 4.69. The van der Waals surface area contributed by atoms with E-state index in [-0.39, 0.29) is 11.9 Å². The summed E-state index contributed by atoms with van der Waals surface area (Å²) in [5, 5.41) is 15.7. The van der Waals surface area contributed by atoms with Crippen LogP contribution in [0.5, 0.6) is 0 Å². The molecule has 1 atom stereocenters. The number of tetrazole rings is 1. The largest absolute Gasteiger partial charge is 0.333 e. The molecule has 0 N–H and O–H groups in total. The zero-order valence-electron chi connectivity index (χ0n) is 14.0. The van der Waals surface area contributed by atoms with Gasteiger partial charge in [0.2, 0.25) is 5.82 Å². The molecule has 130 valence electrons. The number of hydrogen-bond donors (Lipinski definition) is 0. The van der Waals surface area contributed by atoms with Crippen LogP contribution in [-0.2, 0) is 6.54 Å². The average Bonchev–Trinajstić information content (AvgIpc) is 3.33. The highest BCUT2D eigenvalue weighted by Crippen LogP contribution is 2.26. The summed E-state index contributed by atoms with van der Waals surface area (Å²) in [5.74, 6) is 0.712. The number of thiazole rings is 1. The molecule has 4 rings (SSSR count). The maximum absolute atomic E-state index is 12.9. The van der Waals surface area contributed by atoms with E-state index in [0.29, 0.717) is 12.4 Å². The standard InChI is InChI=1S/C16H18N6OS2/c1-10-14(25-11(2)17-10)16(23)21-7-3-5-12(21)9-22-19-15(18-20-22)13-6-4-8-24-13/h4,6,8,12H,3,5,7,9H2,1-2H3. The van der Waals surface area contributed by atoms with Crippen molar-refractivity contribution in [1.82, 2.24) is 30.1 Å². The maximum Gasteiger partial charge on any atom is 0.266 e. The molecule has 1 saturated heterocycles. The van der Waals surface area contributed by atoms with Gasteiger partial charge in [-0.3, -0.25) is 4.79 Å². The van der Waals surface area contributed by atoms with Crippen LogP contribution in [0, 0.1) is 13.8 Å². The van der Waals surface area contributed by atoms with Gasteiger partial charge in [-0.25, -0.2) is 4.98 Å². The summed E-state index contributed by atoms with van der Waals surface area (Å²) in [7, 11) is 0. The summed E-state index contributed by atoms with van der Waals surface area (Å²) >= 11 is 3.06. The molecule has 0 aromatic carbocycles. The normalized spacial score (nSPS) is 17.4. The smallest absolute Gasteiger partial charge is 0.266 e. The number of carbonyl (C=O) groups is 1. The number of aryl methyl sites for hydroxylation is 2. The van der Waals surface area contributed by atoms with Crippen LogP contribution in [0.2, 0.25) is 0 Å². The average molecular weight is 374 g/mol. The molecule has 0 saturated carbocycles. The number of amides is 1. The number of rotatable bonds is 4. The van der Waals surface area contributed by atoms with Crippen LogP contribution in [0.1, 0.15) is 33.2 Å². The van der Waals surface area contributed by atoms with Crippen molar-refractivity contribution in [3.8, 4) is 10.7 Å². The van der Waals surface area contributed by atoms with E-state index in [0.717, 1.165) is 39.8 Å². The number of hydrogen-bond acceptors (Lipinski definition) is 7. The summed E-state index contributed by atoms with van der Waals surface area (Å²) < 4.78 is 0. The molecule has 7 nitrogen and oxygen atoms in total. The summed E-state index contributed by atoms with van der Waals surface area (Å²) in [6.07, 6.45) is 1.96. The summed E-state index contributed by atoms with van der Waals surface area (Å²) in [4.78, 5) is 22.6. The minimum absolute atomic E-state index is 0.0733. The molecule has 0 bridgehead atoms. The van der Waals surface area contributed by atoms with Crippen molar-refractivity contribution < 1.29 is 4.79 Å². The van der Waals surface area contributed by atoms with Gasteiger partial charge in [-0.15, -0.1) is 32.9 Å². The van der Waals surface area contributed by atoms with E-state index in [1.165, 1.54) is 11.3 Å². The third-order valence-electron chi connectivity index (χ3n) is 4.30. The van der Waals surface area contributed by atoms with Crippen LogP contribution >= 0.6 is 22.7 Å². The van der Waals surface area contributed by atoms with Crippen molar-refractivity contribution in [1.29, 1.82) is 0 Å². The lowest BCUT2D eigenvalue weighted by molar-refractivity contribution is 0.0722. The molecule has 0 radical (unpaired) electrons. The van der Waals surface area contributed by atoms with Gasteiger partial charge in [0.05, 0.1) is 28.2 Å². The Balaban J connectivity index is 1.50. The van der Waals surface area contributed by atoms with Gasteiger partial charge < -0.3 is 4.90 Å². The molecule has 9 heteroatoms. The van der Waals surface area contributed by atoms with E-state index in [4.69, 9.17) is 0 Å². The first-order valence-electron chi connectivity index (χ1n) is 8.18. The van der Waals surface area contributed by atoms with Gasteiger partial charge in [0, 0.05) is 6.54 Å². The summed E-state index contributed by atoms with van der Waals surface area (Å²) in [6.45, 7) is 5.17. The zero-order valence-corrected chi connectivity index (χ0v) is 15.7. The van der Waals surface area contributed by atoms with Crippen molar-refractivity contribution in [2.75, 3.05) is 6.54 Å². The van der Waals surface area contributed by atoms with Crippen LogP contribution in [-0.4, -0.2) is 48.6 Å². The molecule has 1 aliphatic heterocycles. The van der Waals surface area contributed by atoms with Crippen molar-refractivity contribution in [2.24, 2.45) is 0 Å². The second-order valence-electron chi connectivity index (χ2n) is 6.09. The fourth-order valence-electron chi connectivity index (χ4n) is 3.17. The molecule has 1 unspecified atom stereocenters. The molecule has 0 aliphatic carbocycles. The van der Waals surface area contributed by atoms with Gasteiger partial charge in [0.25, 0.3) is 5.91 Å². The number of likely N-dealkylation sites (tertiary alicyclic amines) is 1. The van der Waals surface area contributed by atoms with E-state index in [1.54, 1.807) is 16.1 Å². The molecule has 1 fully saturated rings. The van der Waals surface area contributed by atoms with Crippen LogP contribution in [0.15, 0.2) is 17.5 Å². The first kappa shape index (κ1) is 16.3. The van der Waals surface area contributed by atoms with Gasteiger partial charge >= 0.3 is 0 Å². The van der Waals surface area contributed by atoms with Crippen LogP contribution in [0.3, 0.4) is 0 Å². The Morgan fingerprint density at radius 1 is 1.40 bits per heavy atom. The highest BCUT2D eigenvalue weighted by molar-refractivity contribution is 7.13. The Kier molecular flexibility index (Phi) is 4.34. The monoisotopic (exact) mass is 374 g/mol. The third-order valence-corrected chi connectivity index (χ3v) is 6.23. The molecule has 1 amide bonds. The van der Waals surface area contributed by atoms with Crippen molar-refractivity contribution in [3.63, 3.8) is 0 Å². The number of thiophene rings is 1. The predicted octanol–water partition coefficient (Wildman–Crippen LogP) is 2.78. The van der Waals surface area contributed by atoms with E-state index in [1.807, 2.05) is 36.3 Å². The van der Waals surface area contributed by atoms with E-state index in [2.05, 4.69) is 20.4 Å². The topological polar surface area (TPSA) is 76.8 Å². The highest BCUT2D eigenvalue weighted by atomic mass is 32.1. The minimum Gasteiger partial charge on any atom is -0.333 e. The number of nitrogens with zero attached hydrogens (tertiary/aromatic N) is 6. The second kappa shape index (κ2) is 6.64. The van der Waals surface area contributed by atoms with Crippen LogP contribution in [0.4, 0.5) is 0 Å². The molecular weight excluding hydrogens is 356 g/mol. The highest BCUT2D eigenvalue weighted by Gasteiger charge is 2.32. The molecule has 3 aromatic heterocycles. The zero-order chi connectivity index (χ0) is 17.4. The van der Waals surface area contributed by atoms with Gasteiger partial charge in [-0.1, -0.05) is 6.07 Å². The third kappa shape index (κ3) is 3.21. The lowest BCUT2D eigenvalue weighted by atomic mass is 10.2. The van der Waals surface area contributed by atoms with Gasteiger partial charge in [0.15, 0.2) is 0 Å². The summed E-state index contributed by atoms with van der Waals surface area (Å²) in [5.41, 5.74) is 0.817. The Morgan fingerprint density at radius 2 is 2.28 bits per heavy atom. The van der Waals surface area contributed by atoms with Crippen LogP contribution in [0.25, 0.3) is 10.7 Å². The lowest BCUT2D eigenvalue weighted by Crippen LogP contribution is -2.38. The molecule has 4 heterocycles. The SMILES string of the molecule is Cc1nc(C)c(C(=O)N2CCCC2Cn2nnc(-c3cccs3)n2)s1. The quantitative estimate of drug-likeness (QED) is 0.702. The Bertz CT molecular complexity index is 884. The maximum atomic E-state index is 12.9. The van der Waals surface area contributed by atoms with E-state index < -0.39 is 0 Å². The Morgan fingerprint density at radius 3 is 3.00 bits per heavy atom. The first-order valence-corrected chi connectivity index (χ1v) is 9.88. The Labute approximate surface area is 153 Å². The molecule has 25 heavy (non-hydrogen) atoms. The van der Waals surface area contributed by atoms with Gasteiger partial charge in [-0.05, 0) is 43.3 Å². The molecule has 3 aromatic rings. The first-order chi connectivity index (χ1) is 12.1. The second-order valence-corrected chi connectivity index (χ2v) is 8.24. The summed E-state index contributed by atoms with van der Waals surface area (Å²) in [6, 6.07) is 4.05. The minimum atomic E-state index is 0.0733. The Hall–Kier alpha value is -2.13. The van der Waals surface area contributed by atoms with Gasteiger partial charge in [-0.2, -0.15) is 4.80 Å². The number of aromatic nitrogens is 5. The predicted molar refractivity (Wildman–Crippen MR) is 96.8 cm³/mol. The molecule has 0 spiro atoms. The lowest BCUT2D eigenvalue weighted by Gasteiger charge is -2.23. The van der Waals surface area contributed by atoms with E-state index in [9.17, 15) is 4.79 Å². The van der Waals surface area contributed by atoms with Crippen molar-refractivity contribution in [2.45, 2.75) is 39.3 Å². The van der Waals surface area contributed by atoms with Crippen molar-refractivity contribution in [3.05, 3.63) is 33.1 Å². The van der Waals surface area contributed by atoms with Crippen LogP contribution < -0.4 is 0 Å². The van der Waals surface area contributed by atoms with Gasteiger partial charge in [0.1, 0.15) is 4.88 Å². The number of carbonyl (C=O) groups excluding carboxylic acids is 1. The van der Waals surface area contributed by atoms with Crippen molar-refractivity contribution >= 4 is 28.6 Å². The van der Waals surface area contributed by atoms with E-state index >= 15 is 0 Å². The fraction of sp³-hybridized carbons (Fsp3) is 0.438.